The van der Waals surface area contributed by atoms with Gasteiger partial charge in [-0.05, 0) is 6.42 Å². The number of hydrogen-bond donors (Lipinski definition) is 2. The van der Waals surface area contributed by atoms with Crippen LogP contribution in [0.1, 0.15) is 16.8 Å². The molecule has 0 aliphatic carbocycles. The van der Waals surface area contributed by atoms with Gasteiger partial charge in [0, 0.05) is 18.7 Å². The smallest absolute Gasteiger partial charge is 0.207 e. The van der Waals surface area contributed by atoms with E-state index in [-0.39, 0.29) is 11.4 Å². The highest BCUT2D eigenvalue weighted by Crippen LogP contribution is 2.10. The average molecular weight is 227 g/mol. The molecule has 0 unspecified atom stereocenters. The van der Waals surface area contributed by atoms with Gasteiger partial charge in [-0.2, -0.15) is 5.26 Å². The summed E-state index contributed by atoms with van der Waals surface area (Å²) in [5, 5.41) is 15.2. The number of nitriles is 1. The molecule has 2 N–H and O–H groups in total. The Morgan fingerprint density at radius 3 is 2.41 bits per heavy atom. The lowest BCUT2D eigenvalue weighted by molar-refractivity contribution is 0.103. The van der Waals surface area contributed by atoms with E-state index in [0.29, 0.717) is 11.4 Å². The lowest BCUT2D eigenvalue weighted by atomic mass is 10.0. The Morgan fingerprint density at radius 1 is 1.18 bits per heavy atom. The predicted octanol–water partition coefficient (Wildman–Crippen LogP) is 1.19. The number of Topliss-reactive ketones (excluding diaryl/α,β-unsaturated/α-hetero) is 1. The Bertz CT molecular complexity index is 477. The van der Waals surface area contributed by atoms with Crippen LogP contribution in [0.2, 0.25) is 0 Å². The first-order valence-corrected chi connectivity index (χ1v) is 5.55. The molecule has 4 nitrogen and oxygen atoms in total. The van der Waals surface area contributed by atoms with Crippen molar-refractivity contribution < 1.29 is 4.79 Å². The number of nitrogens with one attached hydrogen (secondary N) is 2. The summed E-state index contributed by atoms with van der Waals surface area (Å²) in [5.74, 6) is 0.303. The molecule has 2 rings (SSSR count). The van der Waals surface area contributed by atoms with Gasteiger partial charge in [-0.25, -0.2) is 0 Å². The van der Waals surface area contributed by atoms with Crippen molar-refractivity contribution in [2.45, 2.75) is 6.42 Å². The Labute approximate surface area is 99.9 Å². The third-order valence-corrected chi connectivity index (χ3v) is 2.58. The topological polar surface area (TPSA) is 64.9 Å². The number of rotatable bonds is 2. The van der Waals surface area contributed by atoms with Crippen LogP contribution in [0.15, 0.2) is 41.7 Å². The third-order valence-electron chi connectivity index (χ3n) is 2.58. The summed E-state index contributed by atoms with van der Waals surface area (Å²) in [4.78, 5) is 12.1. The Morgan fingerprint density at radius 2 is 1.82 bits per heavy atom. The first kappa shape index (κ1) is 11.2. The summed E-state index contributed by atoms with van der Waals surface area (Å²) < 4.78 is 0. The molecular weight excluding hydrogens is 214 g/mol. The van der Waals surface area contributed by atoms with Crippen LogP contribution < -0.4 is 10.6 Å². The normalized spacial score (nSPS) is 14.2. The van der Waals surface area contributed by atoms with Crippen LogP contribution in [0.3, 0.4) is 0 Å². The molecule has 4 heteroatoms. The van der Waals surface area contributed by atoms with Crippen molar-refractivity contribution in [3.05, 3.63) is 47.3 Å². The van der Waals surface area contributed by atoms with Gasteiger partial charge in [0.1, 0.15) is 17.5 Å². The molecule has 1 saturated heterocycles. The van der Waals surface area contributed by atoms with Crippen LogP contribution in [0.4, 0.5) is 0 Å². The van der Waals surface area contributed by atoms with E-state index in [2.05, 4.69) is 10.6 Å². The molecule has 1 aromatic rings. The minimum Gasteiger partial charge on any atom is -0.371 e. The van der Waals surface area contributed by atoms with Gasteiger partial charge in [0.25, 0.3) is 0 Å². The average Bonchev–Trinajstić information content (AvgIpc) is 2.42. The van der Waals surface area contributed by atoms with Crippen molar-refractivity contribution in [3.63, 3.8) is 0 Å². The predicted molar refractivity (Wildman–Crippen MR) is 64.0 cm³/mol. The highest BCUT2D eigenvalue weighted by atomic mass is 16.1. The van der Waals surface area contributed by atoms with Crippen molar-refractivity contribution >= 4 is 5.78 Å². The van der Waals surface area contributed by atoms with E-state index < -0.39 is 0 Å². The van der Waals surface area contributed by atoms with E-state index in [9.17, 15) is 4.79 Å². The SMILES string of the molecule is N#CC(C(=O)c1ccccc1)=C1NCCCN1. The molecule has 0 aromatic heterocycles. The van der Waals surface area contributed by atoms with Crippen LogP contribution in [0, 0.1) is 11.3 Å². The molecule has 0 amide bonds. The van der Waals surface area contributed by atoms with Crippen LogP contribution in [-0.4, -0.2) is 18.9 Å². The van der Waals surface area contributed by atoms with Gasteiger partial charge >= 0.3 is 0 Å². The second kappa shape index (κ2) is 5.17. The second-order valence-electron chi connectivity index (χ2n) is 3.76. The van der Waals surface area contributed by atoms with E-state index in [1.165, 1.54) is 0 Å². The summed E-state index contributed by atoms with van der Waals surface area (Å²) >= 11 is 0. The third kappa shape index (κ3) is 2.45. The van der Waals surface area contributed by atoms with E-state index in [1.807, 2.05) is 12.1 Å². The number of hydrogen-bond acceptors (Lipinski definition) is 4. The fourth-order valence-corrected chi connectivity index (χ4v) is 1.71. The molecule has 17 heavy (non-hydrogen) atoms. The Kier molecular flexibility index (Phi) is 3.41. The molecule has 0 radical (unpaired) electrons. The monoisotopic (exact) mass is 227 g/mol. The number of carbonyl (C=O) groups is 1. The molecule has 0 saturated carbocycles. The van der Waals surface area contributed by atoms with Crippen molar-refractivity contribution in [3.8, 4) is 6.07 Å². The van der Waals surface area contributed by atoms with Gasteiger partial charge < -0.3 is 10.6 Å². The van der Waals surface area contributed by atoms with Crippen LogP contribution in [-0.2, 0) is 0 Å². The van der Waals surface area contributed by atoms with E-state index >= 15 is 0 Å². The van der Waals surface area contributed by atoms with Crippen molar-refractivity contribution in [1.29, 1.82) is 5.26 Å². The van der Waals surface area contributed by atoms with E-state index in [1.54, 1.807) is 24.3 Å². The van der Waals surface area contributed by atoms with Crippen LogP contribution in [0.25, 0.3) is 0 Å². The first-order valence-electron chi connectivity index (χ1n) is 5.55. The van der Waals surface area contributed by atoms with Gasteiger partial charge in [-0.1, -0.05) is 30.3 Å². The molecule has 0 spiro atoms. The summed E-state index contributed by atoms with van der Waals surface area (Å²) in [7, 11) is 0. The standard InChI is InChI=1S/C13H13N3O/c14-9-11(13-15-7-4-8-16-13)12(17)10-5-2-1-3-6-10/h1-3,5-6,15-16H,4,7-8H2. The number of ketones is 1. The van der Waals surface area contributed by atoms with E-state index in [4.69, 9.17) is 5.26 Å². The van der Waals surface area contributed by atoms with Gasteiger partial charge in [-0.3, -0.25) is 4.79 Å². The molecule has 0 bridgehead atoms. The molecule has 1 aliphatic rings. The maximum Gasteiger partial charge on any atom is 0.207 e. The molecule has 1 fully saturated rings. The minimum atomic E-state index is -0.245. The van der Waals surface area contributed by atoms with Crippen LogP contribution in [0.5, 0.6) is 0 Å². The zero-order chi connectivity index (χ0) is 12.1. The summed E-state index contributed by atoms with van der Waals surface area (Å²) in [6, 6.07) is 10.8. The van der Waals surface area contributed by atoms with Gasteiger partial charge in [0.2, 0.25) is 5.78 Å². The fourth-order valence-electron chi connectivity index (χ4n) is 1.71. The summed E-state index contributed by atoms with van der Waals surface area (Å²) in [5.41, 5.74) is 0.682. The van der Waals surface area contributed by atoms with Crippen molar-refractivity contribution in [1.82, 2.24) is 10.6 Å². The maximum absolute atomic E-state index is 12.1. The first-order chi connectivity index (χ1) is 8.33. The largest absolute Gasteiger partial charge is 0.371 e. The number of benzene rings is 1. The van der Waals surface area contributed by atoms with E-state index in [0.717, 1.165) is 19.5 Å². The minimum absolute atomic E-state index is 0.149. The Hall–Kier alpha value is -2.28. The highest BCUT2D eigenvalue weighted by molar-refractivity contribution is 6.11. The summed E-state index contributed by atoms with van der Waals surface area (Å²) in [6.45, 7) is 1.57. The molecule has 0 atom stereocenters. The summed E-state index contributed by atoms with van der Waals surface area (Å²) in [6.07, 6.45) is 0.988. The lowest BCUT2D eigenvalue weighted by Crippen LogP contribution is -2.37. The zero-order valence-electron chi connectivity index (χ0n) is 9.36. The number of carbonyl (C=O) groups excluding carboxylic acids is 1. The molecule has 1 aromatic carbocycles. The second-order valence-corrected chi connectivity index (χ2v) is 3.76. The zero-order valence-corrected chi connectivity index (χ0v) is 9.36. The molecular formula is C13H13N3O. The van der Waals surface area contributed by atoms with Crippen molar-refractivity contribution in [2.75, 3.05) is 13.1 Å². The fraction of sp³-hybridized carbons (Fsp3) is 0.231. The number of allylic oxidation sites excluding steroid dienone is 1. The molecule has 1 aliphatic heterocycles. The Balaban J connectivity index is 2.31. The van der Waals surface area contributed by atoms with Crippen LogP contribution >= 0.6 is 0 Å². The quantitative estimate of drug-likeness (QED) is 0.452. The number of nitrogens with zero attached hydrogens (tertiary/aromatic N) is 1. The molecule has 1 heterocycles. The van der Waals surface area contributed by atoms with Gasteiger partial charge in [0.15, 0.2) is 0 Å². The highest BCUT2D eigenvalue weighted by Gasteiger charge is 2.18. The van der Waals surface area contributed by atoms with Gasteiger partial charge in [0.05, 0.1) is 0 Å². The molecule has 86 valence electrons. The maximum atomic E-state index is 12.1. The van der Waals surface area contributed by atoms with Gasteiger partial charge in [-0.15, -0.1) is 0 Å². The lowest BCUT2D eigenvalue weighted by Gasteiger charge is -2.20. The van der Waals surface area contributed by atoms with Crippen molar-refractivity contribution in [2.24, 2.45) is 0 Å².